The van der Waals surface area contributed by atoms with Gasteiger partial charge in [0, 0.05) is 55.2 Å². The molecular formula is C33H34N4O3. The summed E-state index contributed by atoms with van der Waals surface area (Å²) in [6, 6.07) is 24.6. The predicted molar refractivity (Wildman–Crippen MR) is 160 cm³/mol. The number of piperidine rings is 1. The third-order valence-corrected chi connectivity index (χ3v) is 7.94. The smallest absolute Gasteiger partial charge is 0.287 e. The Morgan fingerprint density at radius 3 is 2.50 bits per heavy atom. The predicted octanol–water partition coefficient (Wildman–Crippen LogP) is 6.16. The van der Waals surface area contributed by atoms with Gasteiger partial charge in [-0.1, -0.05) is 24.3 Å². The van der Waals surface area contributed by atoms with Crippen LogP contribution in [0.3, 0.4) is 0 Å². The van der Waals surface area contributed by atoms with Gasteiger partial charge < -0.3 is 24.5 Å². The minimum absolute atomic E-state index is 0.0533. The molecule has 2 N–H and O–H groups in total. The number of benzene rings is 3. The summed E-state index contributed by atoms with van der Waals surface area (Å²) in [6.45, 7) is 4.86. The van der Waals surface area contributed by atoms with E-state index in [4.69, 9.17) is 4.42 Å². The van der Waals surface area contributed by atoms with Gasteiger partial charge >= 0.3 is 0 Å². The van der Waals surface area contributed by atoms with Gasteiger partial charge in [-0.3, -0.25) is 9.59 Å². The lowest BCUT2D eigenvalue weighted by atomic mass is 9.89. The fourth-order valence-corrected chi connectivity index (χ4v) is 5.77. The first-order valence-corrected chi connectivity index (χ1v) is 13.9. The molecule has 0 unspecified atom stereocenters. The number of carbonyl (C=O) groups excluding carboxylic acids is 2. The van der Waals surface area contributed by atoms with Gasteiger partial charge in [0.25, 0.3) is 5.91 Å². The van der Waals surface area contributed by atoms with Crippen LogP contribution in [0.25, 0.3) is 33.0 Å². The lowest BCUT2D eigenvalue weighted by Crippen LogP contribution is -2.39. The summed E-state index contributed by atoms with van der Waals surface area (Å²) >= 11 is 0. The highest BCUT2D eigenvalue weighted by molar-refractivity contribution is 5.97. The number of fused-ring (bicyclic) bond motifs is 2. The Morgan fingerprint density at radius 1 is 0.925 bits per heavy atom. The number of rotatable bonds is 7. The van der Waals surface area contributed by atoms with Crippen molar-refractivity contribution in [3.8, 4) is 11.1 Å². The molecule has 1 aliphatic heterocycles. The van der Waals surface area contributed by atoms with Crippen LogP contribution in [0.1, 0.15) is 41.8 Å². The molecule has 0 atom stereocenters. The Labute approximate surface area is 233 Å². The van der Waals surface area contributed by atoms with Crippen LogP contribution in [0.15, 0.2) is 83.4 Å². The molecule has 5 aromatic rings. The van der Waals surface area contributed by atoms with Gasteiger partial charge in [-0.25, -0.2) is 0 Å². The minimum Gasteiger partial charge on any atom is -0.451 e. The van der Waals surface area contributed by atoms with E-state index in [-0.39, 0.29) is 11.8 Å². The fraction of sp³-hybridized carbons (Fsp3) is 0.273. The van der Waals surface area contributed by atoms with Crippen LogP contribution in [0.2, 0.25) is 0 Å². The third kappa shape index (κ3) is 5.51. The Morgan fingerprint density at radius 2 is 1.70 bits per heavy atom. The third-order valence-electron chi connectivity index (χ3n) is 7.94. The van der Waals surface area contributed by atoms with E-state index in [1.54, 1.807) is 0 Å². The number of amides is 2. The number of carbonyl (C=O) groups is 2. The zero-order chi connectivity index (χ0) is 27.6. The molecule has 2 aromatic heterocycles. The molecule has 0 saturated carbocycles. The van der Waals surface area contributed by atoms with Gasteiger partial charge in [0.05, 0.1) is 0 Å². The molecule has 1 fully saturated rings. The average Bonchev–Trinajstić information content (AvgIpc) is 3.56. The zero-order valence-electron chi connectivity index (χ0n) is 22.9. The van der Waals surface area contributed by atoms with Crippen LogP contribution in [0.5, 0.6) is 0 Å². The molecule has 2 amide bonds. The Balaban J connectivity index is 1.02. The van der Waals surface area contributed by atoms with Crippen molar-refractivity contribution in [1.29, 1.82) is 0 Å². The van der Waals surface area contributed by atoms with E-state index in [1.165, 1.54) is 23.4 Å². The van der Waals surface area contributed by atoms with Gasteiger partial charge in [-0.15, -0.1) is 0 Å². The number of hydrogen-bond donors (Lipinski definition) is 2. The number of aryl methyl sites for hydroxylation is 1. The maximum Gasteiger partial charge on any atom is 0.287 e. The standard InChI is InChI=1S/C33H34N4O3/c1-22(38)35-29-5-3-4-24(20-29)23-11-15-37(16-12-23)17-13-34-33(39)32-21-28-19-26(7-9-31(28)40-32)25-6-8-30-27(18-25)10-14-36(30)2/h3-10,14,18-21,23H,11-13,15-17H2,1-2H3,(H,34,39)(H,35,38). The van der Waals surface area contributed by atoms with Crippen molar-refractivity contribution >= 4 is 39.4 Å². The van der Waals surface area contributed by atoms with Crippen LogP contribution < -0.4 is 10.6 Å². The molecule has 40 heavy (non-hydrogen) atoms. The molecule has 204 valence electrons. The number of nitrogens with one attached hydrogen (secondary N) is 2. The summed E-state index contributed by atoms with van der Waals surface area (Å²) in [5, 5.41) is 8.02. The maximum absolute atomic E-state index is 12.8. The van der Waals surface area contributed by atoms with E-state index in [2.05, 4.69) is 68.8 Å². The summed E-state index contributed by atoms with van der Waals surface area (Å²) in [5.41, 5.74) is 6.26. The molecule has 1 saturated heterocycles. The van der Waals surface area contributed by atoms with E-state index >= 15 is 0 Å². The normalized spacial score (nSPS) is 14.6. The summed E-state index contributed by atoms with van der Waals surface area (Å²) < 4.78 is 7.99. The number of likely N-dealkylation sites (tertiary alicyclic amines) is 1. The number of anilines is 1. The molecule has 0 spiro atoms. The van der Waals surface area contributed by atoms with Crippen LogP contribution in [0, 0.1) is 0 Å². The molecule has 1 aliphatic rings. The summed E-state index contributed by atoms with van der Waals surface area (Å²) in [5.74, 6) is 0.577. The highest BCUT2D eigenvalue weighted by Crippen LogP contribution is 2.31. The van der Waals surface area contributed by atoms with Crippen LogP contribution in [-0.2, 0) is 11.8 Å². The summed E-state index contributed by atoms with van der Waals surface area (Å²) in [7, 11) is 2.05. The molecule has 0 aliphatic carbocycles. The number of hydrogen-bond acceptors (Lipinski definition) is 4. The summed E-state index contributed by atoms with van der Waals surface area (Å²) in [4.78, 5) is 26.6. The number of nitrogens with zero attached hydrogens (tertiary/aromatic N) is 2. The Hall–Kier alpha value is -4.36. The molecular weight excluding hydrogens is 500 g/mol. The topological polar surface area (TPSA) is 79.5 Å². The zero-order valence-corrected chi connectivity index (χ0v) is 22.9. The quantitative estimate of drug-likeness (QED) is 0.262. The van der Waals surface area contributed by atoms with Crippen LogP contribution in [-0.4, -0.2) is 47.5 Å². The van der Waals surface area contributed by atoms with Crippen molar-refractivity contribution < 1.29 is 14.0 Å². The highest BCUT2D eigenvalue weighted by atomic mass is 16.3. The molecule has 0 radical (unpaired) electrons. The highest BCUT2D eigenvalue weighted by Gasteiger charge is 2.21. The van der Waals surface area contributed by atoms with Crippen molar-refractivity contribution in [2.24, 2.45) is 7.05 Å². The maximum atomic E-state index is 12.8. The molecule has 7 nitrogen and oxygen atoms in total. The van der Waals surface area contributed by atoms with E-state index in [1.807, 2.05) is 37.4 Å². The monoisotopic (exact) mass is 534 g/mol. The summed E-state index contributed by atoms with van der Waals surface area (Å²) in [6.07, 6.45) is 4.18. The van der Waals surface area contributed by atoms with Crippen LogP contribution in [0.4, 0.5) is 5.69 Å². The van der Waals surface area contributed by atoms with E-state index < -0.39 is 0 Å². The van der Waals surface area contributed by atoms with Gasteiger partial charge in [0.1, 0.15) is 5.58 Å². The number of aromatic nitrogens is 1. The van der Waals surface area contributed by atoms with Crippen molar-refractivity contribution in [1.82, 2.24) is 14.8 Å². The first-order chi connectivity index (χ1) is 19.4. The van der Waals surface area contributed by atoms with Gasteiger partial charge in [-0.05, 0) is 97.1 Å². The van der Waals surface area contributed by atoms with Crippen molar-refractivity contribution in [2.45, 2.75) is 25.7 Å². The largest absolute Gasteiger partial charge is 0.451 e. The molecule has 0 bridgehead atoms. The SMILES string of the molecule is CC(=O)Nc1cccc(C2CCN(CCNC(=O)c3cc4cc(-c5ccc6c(ccn6C)c5)ccc4o3)CC2)c1. The van der Waals surface area contributed by atoms with E-state index in [0.29, 0.717) is 23.8 Å². The molecule has 3 heterocycles. The second-order valence-electron chi connectivity index (χ2n) is 10.7. The first-order valence-electron chi connectivity index (χ1n) is 13.9. The lowest BCUT2D eigenvalue weighted by molar-refractivity contribution is -0.114. The van der Waals surface area contributed by atoms with Crippen molar-refractivity contribution in [2.75, 3.05) is 31.5 Å². The molecule has 6 rings (SSSR count). The number of furan rings is 1. The second kappa shape index (κ2) is 11.0. The Kier molecular flexibility index (Phi) is 7.13. The van der Waals surface area contributed by atoms with Crippen LogP contribution >= 0.6 is 0 Å². The average molecular weight is 535 g/mol. The first kappa shape index (κ1) is 25.9. The van der Waals surface area contributed by atoms with E-state index in [9.17, 15) is 9.59 Å². The second-order valence-corrected chi connectivity index (χ2v) is 10.7. The van der Waals surface area contributed by atoms with Gasteiger partial charge in [0.2, 0.25) is 5.91 Å². The lowest BCUT2D eigenvalue weighted by Gasteiger charge is -2.32. The van der Waals surface area contributed by atoms with Crippen molar-refractivity contribution in [3.05, 3.63) is 90.3 Å². The van der Waals surface area contributed by atoms with Gasteiger partial charge in [-0.2, -0.15) is 0 Å². The fourth-order valence-electron chi connectivity index (χ4n) is 5.77. The molecule has 7 heteroatoms. The molecule has 3 aromatic carbocycles. The van der Waals surface area contributed by atoms with Gasteiger partial charge in [0.15, 0.2) is 5.76 Å². The van der Waals surface area contributed by atoms with Crippen molar-refractivity contribution in [3.63, 3.8) is 0 Å². The van der Waals surface area contributed by atoms with E-state index in [0.717, 1.165) is 54.7 Å². The minimum atomic E-state index is -0.187. The Bertz CT molecular complexity index is 1690.